The Morgan fingerprint density at radius 2 is 1.89 bits per heavy atom. The van der Waals surface area contributed by atoms with Crippen molar-refractivity contribution in [1.82, 2.24) is 5.32 Å². The average molecular weight is 374 g/mol. The molecule has 0 radical (unpaired) electrons. The monoisotopic (exact) mass is 374 g/mol. The molecule has 0 bridgehead atoms. The van der Waals surface area contributed by atoms with Crippen LogP contribution in [0.2, 0.25) is 0 Å². The fourth-order valence-electron chi connectivity index (χ4n) is 2.86. The maximum Gasteiger partial charge on any atom is 0.278 e. The third kappa shape index (κ3) is 5.67. The van der Waals surface area contributed by atoms with Crippen molar-refractivity contribution in [1.29, 1.82) is 0 Å². The summed E-state index contributed by atoms with van der Waals surface area (Å²) < 4.78 is 5.42. The van der Waals surface area contributed by atoms with Gasteiger partial charge in [-0.15, -0.1) is 0 Å². The lowest BCUT2D eigenvalue weighted by atomic mass is 10.1. The number of unbranched alkanes of at least 4 members (excludes halogenated alkanes) is 1. The van der Waals surface area contributed by atoms with Gasteiger partial charge >= 0.3 is 0 Å². The predicted molar refractivity (Wildman–Crippen MR) is 105 cm³/mol. The van der Waals surface area contributed by atoms with Crippen molar-refractivity contribution in [3.05, 3.63) is 36.4 Å². The molecule has 2 amide bonds. The fourth-order valence-corrected chi connectivity index (χ4v) is 2.86. The van der Waals surface area contributed by atoms with Crippen molar-refractivity contribution < 1.29 is 25.8 Å². The third-order valence-corrected chi connectivity index (χ3v) is 4.49. The van der Waals surface area contributed by atoms with Crippen LogP contribution in [-0.4, -0.2) is 37.6 Å². The maximum atomic E-state index is 12.5. The fraction of sp³-hybridized carbons (Fsp3) is 0.400. The third-order valence-electron chi connectivity index (χ3n) is 4.49. The van der Waals surface area contributed by atoms with Crippen molar-refractivity contribution >= 4 is 28.3 Å². The SMILES string of the molecule is COc1cc(NC(=O)[C@@H](C)NC(=O)[C@@H]([NH3+])CCCC[NH3+])cc2ccccc12. The van der Waals surface area contributed by atoms with E-state index in [1.54, 1.807) is 20.1 Å². The zero-order valence-electron chi connectivity index (χ0n) is 16.1. The van der Waals surface area contributed by atoms with Crippen LogP contribution in [-0.2, 0) is 9.59 Å². The summed E-state index contributed by atoms with van der Waals surface area (Å²) in [6.45, 7) is 2.51. The molecular formula is C20H30N4O3+2. The number of carbonyl (C=O) groups excluding carboxylic acids is 2. The Hall–Kier alpha value is -2.64. The Bertz CT molecular complexity index is 794. The van der Waals surface area contributed by atoms with E-state index in [1.165, 1.54) is 0 Å². The second-order valence-electron chi connectivity index (χ2n) is 6.67. The number of carbonyl (C=O) groups is 2. The first kappa shape index (κ1) is 20.7. The molecule has 0 aliphatic rings. The van der Waals surface area contributed by atoms with Crippen molar-refractivity contribution in [3.63, 3.8) is 0 Å². The Kier molecular flexibility index (Phi) is 7.57. The zero-order valence-corrected chi connectivity index (χ0v) is 16.1. The Balaban J connectivity index is 1.99. The van der Waals surface area contributed by atoms with E-state index >= 15 is 0 Å². The Labute approximate surface area is 159 Å². The van der Waals surface area contributed by atoms with Gasteiger partial charge in [-0.3, -0.25) is 9.59 Å². The number of hydrogen-bond donors (Lipinski definition) is 4. The predicted octanol–water partition coefficient (Wildman–Crippen LogP) is 0.314. The number of nitrogens with one attached hydrogen (secondary N) is 2. The number of ether oxygens (including phenoxy) is 1. The lowest BCUT2D eigenvalue weighted by Gasteiger charge is -2.17. The van der Waals surface area contributed by atoms with Crippen molar-refractivity contribution in [2.75, 3.05) is 19.0 Å². The lowest BCUT2D eigenvalue weighted by Crippen LogP contribution is -2.68. The molecule has 0 heterocycles. The van der Waals surface area contributed by atoms with Crippen LogP contribution >= 0.6 is 0 Å². The molecule has 27 heavy (non-hydrogen) atoms. The standard InChI is InChI=1S/C20H28N4O3/c1-13(23-20(26)17(22)9-5-6-10-21)19(25)24-15-11-14-7-3-4-8-16(14)18(12-15)27-2/h3-4,7-8,11-13,17H,5-6,9-10,21-22H2,1-2H3,(H,23,26)(H,24,25)/p+2/t13-,17+/m1/s1. The highest BCUT2D eigenvalue weighted by Crippen LogP contribution is 2.29. The van der Waals surface area contributed by atoms with E-state index in [-0.39, 0.29) is 17.9 Å². The van der Waals surface area contributed by atoms with Crippen LogP contribution in [0.1, 0.15) is 26.2 Å². The van der Waals surface area contributed by atoms with E-state index in [4.69, 9.17) is 4.74 Å². The highest BCUT2D eigenvalue weighted by molar-refractivity contribution is 6.00. The molecule has 146 valence electrons. The van der Waals surface area contributed by atoms with Gasteiger partial charge < -0.3 is 26.8 Å². The topological polar surface area (TPSA) is 123 Å². The van der Waals surface area contributed by atoms with Crippen LogP contribution in [0.3, 0.4) is 0 Å². The minimum Gasteiger partial charge on any atom is -0.496 e. The van der Waals surface area contributed by atoms with Gasteiger partial charge in [-0.2, -0.15) is 0 Å². The molecule has 7 nitrogen and oxygen atoms in total. The van der Waals surface area contributed by atoms with E-state index in [2.05, 4.69) is 22.1 Å². The van der Waals surface area contributed by atoms with Gasteiger partial charge in [0.2, 0.25) is 5.91 Å². The molecule has 0 saturated heterocycles. The molecule has 0 aliphatic heterocycles. The highest BCUT2D eigenvalue weighted by Gasteiger charge is 2.22. The van der Waals surface area contributed by atoms with Gasteiger partial charge in [0.15, 0.2) is 6.04 Å². The maximum absolute atomic E-state index is 12.5. The van der Waals surface area contributed by atoms with Crippen LogP contribution in [0, 0.1) is 0 Å². The summed E-state index contributed by atoms with van der Waals surface area (Å²) in [5.41, 5.74) is 8.29. The van der Waals surface area contributed by atoms with E-state index in [9.17, 15) is 9.59 Å². The molecule has 7 heteroatoms. The van der Waals surface area contributed by atoms with Crippen molar-refractivity contribution in [2.24, 2.45) is 0 Å². The summed E-state index contributed by atoms with van der Waals surface area (Å²) in [6, 6.07) is 10.4. The van der Waals surface area contributed by atoms with Gasteiger partial charge in [0.25, 0.3) is 5.91 Å². The van der Waals surface area contributed by atoms with E-state index in [0.717, 1.165) is 30.2 Å². The molecule has 0 unspecified atom stereocenters. The second-order valence-corrected chi connectivity index (χ2v) is 6.67. The van der Waals surface area contributed by atoms with Gasteiger partial charge in [0.05, 0.1) is 13.7 Å². The molecule has 8 N–H and O–H groups in total. The summed E-state index contributed by atoms with van der Waals surface area (Å²) in [6.07, 6.45) is 2.57. The summed E-state index contributed by atoms with van der Waals surface area (Å²) in [7, 11) is 1.60. The first-order valence-corrected chi connectivity index (χ1v) is 9.26. The number of anilines is 1. The summed E-state index contributed by atoms with van der Waals surface area (Å²) in [5, 5.41) is 7.51. The minimum absolute atomic E-state index is 0.210. The number of fused-ring (bicyclic) bond motifs is 1. The van der Waals surface area contributed by atoms with Crippen molar-refractivity contribution in [3.8, 4) is 5.75 Å². The Morgan fingerprint density at radius 3 is 2.59 bits per heavy atom. The van der Waals surface area contributed by atoms with Crippen LogP contribution < -0.4 is 26.8 Å². The number of hydrogen-bond acceptors (Lipinski definition) is 3. The molecule has 0 saturated carbocycles. The first-order chi connectivity index (χ1) is 13.0. The summed E-state index contributed by atoms with van der Waals surface area (Å²) in [4.78, 5) is 24.7. The summed E-state index contributed by atoms with van der Waals surface area (Å²) >= 11 is 0. The molecule has 2 rings (SSSR count). The van der Waals surface area contributed by atoms with E-state index in [0.29, 0.717) is 17.9 Å². The largest absolute Gasteiger partial charge is 0.496 e. The number of quaternary nitrogens is 2. The molecule has 2 atom stereocenters. The molecule has 2 aromatic rings. The first-order valence-electron chi connectivity index (χ1n) is 9.26. The molecular weight excluding hydrogens is 344 g/mol. The van der Waals surface area contributed by atoms with Crippen molar-refractivity contribution in [2.45, 2.75) is 38.3 Å². The normalized spacial score (nSPS) is 13.0. The van der Waals surface area contributed by atoms with E-state index in [1.807, 2.05) is 30.3 Å². The van der Waals surface area contributed by atoms with Gasteiger partial charge in [-0.25, -0.2) is 0 Å². The van der Waals surface area contributed by atoms with Gasteiger partial charge in [0, 0.05) is 23.6 Å². The zero-order chi connectivity index (χ0) is 19.8. The molecule has 2 aromatic carbocycles. The van der Waals surface area contributed by atoms with Gasteiger partial charge in [-0.1, -0.05) is 24.3 Å². The minimum atomic E-state index is -0.660. The van der Waals surface area contributed by atoms with Crippen LogP contribution in [0.25, 0.3) is 10.8 Å². The van der Waals surface area contributed by atoms with Gasteiger partial charge in [0.1, 0.15) is 11.8 Å². The summed E-state index contributed by atoms with van der Waals surface area (Å²) in [5.74, 6) is 0.187. The number of amides is 2. The highest BCUT2D eigenvalue weighted by atomic mass is 16.5. The molecule has 0 aromatic heterocycles. The lowest BCUT2D eigenvalue weighted by molar-refractivity contribution is -0.406. The van der Waals surface area contributed by atoms with Crippen LogP contribution in [0.15, 0.2) is 36.4 Å². The van der Waals surface area contributed by atoms with Crippen LogP contribution in [0.4, 0.5) is 5.69 Å². The Morgan fingerprint density at radius 1 is 1.15 bits per heavy atom. The number of benzene rings is 2. The van der Waals surface area contributed by atoms with Crippen LogP contribution in [0.5, 0.6) is 5.75 Å². The second kappa shape index (κ2) is 9.89. The number of rotatable bonds is 9. The van der Waals surface area contributed by atoms with Gasteiger partial charge in [-0.05, 0) is 31.2 Å². The average Bonchev–Trinajstić information content (AvgIpc) is 2.67. The quantitative estimate of drug-likeness (QED) is 0.473. The molecule has 0 fully saturated rings. The molecule has 0 aliphatic carbocycles. The number of methoxy groups -OCH3 is 1. The molecule has 0 spiro atoms. The smallest absolute Gasteiger partial charge is 0.278 e. The van der Waals surface area contributed by atoms with E-state index < -0.39 is 6.04 Å².